The Hall–Kier alpha value is -3.78. The summed E-state index contributed by atoms with van der Waals surface area (Å²) in [5, 5.41) is 7.10. The lowest BCUT2D eigenvalue weighted by molar-refractivity contribution is 1.32. The minimum atomic E-state index is 0.953. The fraction of sp³-hybridized carbons (Fsp3) is 0.0714. The van der Waals surface area contributed by atoms with Gasteiger partial charge in [0.25, 0.3) is 0 Å². The number of nitrogens with zero attached hydrogens (tertiary/aromatic N) is 2. The number of hydrogen-bond acceptors (Lipinski definition) is 2. The average Bonchev–Trinajstić information content (AvgIpc) is 2.79. The highest BCUT2D eigenvalue weighted by Gasteiger charge is 2.17. The van der Waals surface area contributed by atoms with Crippen molar-refractivity contribution in [3.63, 3.8) is 0 Å². The smallest absolute Gasteiger partial charge is 0.0978 e. The molecule has 0 aliphatic heterocycles. The van der Waals surface area contributed by atoms with Crippen LogP contribution in [-0.4, -0.2) is 9.97 Å². The van der Waals surface area contributed by atoms with E-state index in [4.69, 9.17) is 9.97 Å². The van der Waals surface area contributed by atoms with Crippen molar-refractivity contribution in [3.05, 3.63) is 96.1 Å². The molecule has 0 radical (unpaired) electrons. The second kappa shape index (κ2) is 6.36. The van der Waals surface area contributed by atoms with Crippen LogP contribution in [-0.2, 0) is 0 Å². The zero-order chi connectivity index (χ0) is 20.2. The van der Waals surface area contributed by atoms with Crippen LogP contribution in [0.25, 0.3) is 54.7 Å². The van der Waals surface area contributed by atoms with E-state index in [1.54, 1.807) is 0 Å². The number of rotatable bonds is 1. The van der Waals surface area contributed by atoms with Crippen LogP contribution >= 0.6 is 0 Å². The first-order chi connectivity index (χ1) is 14.7. The predicted molar refractivity (Wildman–Crippen MR) is 127 cm³/mol. The van der Waals surface area contributed by atoms with Gasteiger partial charge < -0.3 is 0 Å². The maximum absolute atomic E-state index is 5.20. The van der Waals surface area contributed by atoms with E-state index in [9.17, 15) is 0 Å². The van der Waals surface area contributed by atoms with E-state index in [0.717, 1.165) is 33.2 Å². The van der Waals surface area contributed by atoms with Crippen LogP contribution in [0.3, 0.4) is 0 Å². The maximum Gasteiger partial charge on any atom is 0.0978 e. The second-order valence-electron chi connectivity index (χ2n) is 7.95. The summed E-state index contributed by atoms with van der Waals surface area (Å²) in [6.07, 6.45) is 0. The van der Waals surface area contributed by atoms with Crippen molar-refractivity contribution >= 4 is 43.4 Å². The van der Waals surface area contributed by atoms with Gasteiger partial charge in [0, 0.05) is 21.5 Å². The van der Waals surface area contributed by atoms with Gasteiger partial charge >= 0.3 is 0 Å². The summed E-state index contributed by atoms with van der Waals surface area (Å²) in [6.45, 7) is 4.26. The molecule has 0 saturated heterocycles. The minimum absolute atomic E-state index is 0.953. The van der Waals surface area contributed by atoms with Crippen molar-refractivity contribution in [2.24, 2.45) is 0 Å². The fourth-order valence-electron chi connectivity index (χ4n) is 4.60. The summed E-state index contributed by atoms with van der Waals surface area (Å²) in [5.41, 5.74) is 6.35. The van der Waals surface area contributed by atoms with Crippen LogP contribution in [0.2, 0.25) is 0 Å². The van der Waals surface area contributed by atoms with Crippen molar-refractivity contribution in [2.45, 2.75) is 13.8 Å². The van der Waals surface area contributed by atoms with Crippen LogP contribution in [0.15, 0.2) is 84.9 Å². The lowest BCUT2D eigenvalue weighted by Gasteiger charge is -2.14. The SMILES string of the molecule is Cc1cccc2c1nc(-c1nc3c(C)cccc3c3ccccc13)c1ccccc12. The van der Waals surface area contributed by atoms with Gasteiger partial charge in [-0.05, 0) is 35.7 Å². The van der Waals surface area contributed by atoms with Crippen LogP contribution in [0.1, 0.15) is 11.1 Å². The van der Waals surface area contributed by atoms with Crippen molar-refractivity contribution in [1.29, 1.82) is 0 Å². The topological polar surface area (TPSA) is 25.8 Å². The molecule has 6 rings (SSSR count). The van der Waals surface area contributed by atoms with Gasteiger partial charge in [0.2, 0.25) is 0 Å². The molecule has 0 spiro atoms. The van der Waals surface area contributed by atoms with E-state index >= 15 is 0 Å². The van der Waals surface area contributed by atoms with E-state index in [1.165, 1.54) is 32.7 Å². The van der Waals surface area contributed by atoms with Gasteiger partial charge in [-0.15, -0.1) is 0 Å². The van der Waals surface area contributed by atoms with Gasteiger partial charge in [0.15, 0.2) is 0 Å². The van der Waals surface area contributed by atoms with Crippen molar-refractivity contribution in [1.82, 2.24) is 9.97 Å². The zero-order valence-corrected chi connectivity index (χ0v) is 17.0. The molecule has 2 aromatic heterocycles. The van der Waals surface area contributed by atoms with E-state index < -0.39 is 0 Å². The number of aromatic nitrogens is 2. The number of benzene rings is 4. The monoisotopic (exact) mass is 384 g/mol. The molecular weight excluding hydrogens is 364 g/mol. The molecule has 0 aliphatic carbocycles. The molecule has 0 atom stereocenters. The third-order valence-electron chi connectivity index (χ3n) is 6.09. The van der Waals surface area contributed by atoms with E-state index in [2.05, 4.69) is 98.8 Å². The van der Waals surface area contributed by atoms with Gasteiger partial charge in [-0.3, -0.25) is 0 Å². The number of hydrogen-bond donors (Lipinski definition) is 0. The van der Waals surface area contributed by atoms with Crippen LogP contribution in [0, 0.1) is 13.8 Å². The molecule has 2 heteroatoms. The molecule has 0 bridgehead atoms. The molecule has 30 heavy (non-hydrogen) atoms. The predicted octanol–water partition coefficient (Wildman–Crippen LogP) is 7.37. The Labute approximate surface area is 174 Å². The van der Waals surface area contributed by atoms with Crippen molar-refractivity contribution in [2.75, 3.05) is 0 Å². The molecule has 6 aromatic rings. The zero-order valence-electron chi connectivity index (χ0n) is 17.0. The van der Waals surface area contributed by atoms with Crippen molar-refractivity contribution < 1.29 is 0 Å². The van der Waals surface area contributed by atoms with Crippen molar-refractivity contribution in [3.8, 4) is 11.4 Å². The Kier molecular flexibility index (Phi) is 3.63. The highest BCUT2D eigenvalue weighted by atomic mass is 14.8. The quantitative estimate of drug-likeness (QED) is 0.277. The largest absolute Gasteiger partial charge is 0.245 e. The van der Waals surface area contributed by atoms with E-state index in [1.807, 2.05) is 0 Å². The molecule has 0 fully saturated rings. The summed E-state index contributed by atoms with van der Waals surface area (Å²) in [6, 6.07) is 29.9. The summed E-state index contributed by atoms with van der Waals surface area (Å²) in [5.74, 6) is 0. The Morgan fingerprint density at radius 1 is 0.400 bits per heavy atom. The fourth-order valence-corrected chi connectivity index (χ4v) is 4.60. The van der Waals surface area contributed by atoms with Crippen LogP contribution in [0.4, 0.5) is 0 Å². The van der Waals surface area contributed by atoms with Crippen LogP contribution in [0.5, 0.6) is 0 Å². The molecule has 4 aromatic carbocycles. The minimum Gasteiger partial charge on any atom is -0.245 e. The number of pyridine rings is 2. The normalized spacial score (nSPS) is 11.7. The Morgan fingerprint density at radius 3 is 1.20 bits per heavy atom. The highest BCUT2D eigenvalue weighted by Crippen LogP contribution is 2.38. The summed E-state index contributed by atoms with van der Waals surface area (Å²) in [7, 11) is 0. The molecule has 0 saturated carbocycles. The van der Waals surface area contributed by atoms with Gasteiger partial charge in [0.05, 0.1) is 22.4 Å². The summed E-state index contributed by atoms with van der Waals surface area (Å²) < 4.78 is 0. The number of para-hydroxylation sites is 2. The molecule has 2 nitrogen and oxygen atoms in total. The van der Waals surface area contributed by atoms with Crippen LogP contribution < -0.4 is 0 Å². The first-order valence-electron chi connectivity index (χ1n) is 10.3. The number of fused-ring (bicyclic) bond motifs is 6. The molecule has 0 amide bonds. The van der Waals surface area contributed by atoms with Gasteiger partial charge in [-0.1, -0.05) is 84.9 Å². The molecular formula is C28H20N2. The summed E-state index contributed by atoms with van der Waals surface area (Å²) >= 11 is 0. The highest BCUT2D eigenvalue weighted by molar-refractivity contribution is 6.16. The lowest BCUT2D eigenvalue weighted by atomic mass is 9.96. The Bertz CT molecular complexity index is 1490. The maximum atomic E-state index is 5.20. The number of aryl methyl sites for hydroxylation is 2. The molecule has 2 heterocycles. The third kappa shape index (κ3) is 2.37. The first kappa shape index (κ1) is 17.1. The van der Waals surface area contributed by atoms with Gasteiger partial charge in [-0.25, -0.2) is 9.97 Å². The summed E-state index contributed by atoms with van der Waals surface area (Å²) in [4.78, 5) is 10.4. The van der Waals surface area contributed by atoms with E-state index in [0.29, 0.717) is 0 Å². The average molecular weight is 384 g/mol. The van der Waals surface area contributed by atoms with Gasteiger partial charge in [-0.2, -0.15) is 0 Å². The molecule has 0 aliphatic rings. The lowest BCUT2D eigenvalue weighted by Crippen LogP contribution is -1.96. The Balaban J connectivity index is 1.86. The second-order valence-corrected chi connectivity index (χ2v) is 7.95. The van der Waals surface area contributed by atoms with E-state index in [-0.39, 0.29) is 0 Å². The molecule has 0 unspecified atom stereocenters. The third-order valence-corrected chi connectivity index (χ3v) is 6.09. The first-order valence-corrected chi connectivity index (χ1v) is 10.3. The Morgan fingerprint density at radius 2 is 0.767 bits per heavy atom. The molecule has 142 valence electrons. The standard InChI is InChI=1S/C28H20N2/c1-17-9-7-15-21-19-11-3-5-13-23(19)27(29-25(17)21)28-24-14-6-4-12-20(24)22-16-8-10-18(2)26(22)30-28/h3-16H,1-2H3. The van der Waals surface area contributed by atoms with Gasteiger partial charge in [0.1, 0.15) is 0 Å². The molecule has 0 N–H and O–H groups in total.